The Morgan fingerprint density at radius 2 is 1.60 bits per heavy atom. The van der Waals surface area contributed by atoms with Gasteiger partial charge in [0.2, 0.25) is 0 Å². The van der Waals surface area contributed by atoms with Crippen molar-refractivity contribution in [3.63, 3.8) is 0 Å². The third kappa shape index (κ3) is 16.9. The quantitative estimate of drug-likeness (QED) is 0.197. The van der Waals surface area contributed by atoms with Crippen LogP contribution in [0.2, 0.25) is 0 Å². The number of hydrogen-bond donors (Lipinski definition) is 0. The van der Waals surface area contributed by atoms with Gasteiger partial charge in [0.25, 0.3) is 5.09 Å². The van der Waals surface area contributed by atoms with E-state index in [9.17, 15) is 14.4 Å². The van der Waals surface area contributed by atoms with E-state index in [1.165, 1.54) is 0 Å². The van der Waals surface area contributed by atoms with Gasteiger partial charge in [-0.15, -0.1) is 10.1 Å². The van der Waals surface area contributed by atoms with E-state index in [1.54, 1.807) is 0 Å². The third-order valence-electron chi connectivity index (χ3n) is 0.167. The van der Waals surface area contributed by atoms with E-state index in [0.717, 1.165) is 0 Å². The van der Waals surface area contributed by atoms with Crippen molar-refractivity contribution in [2.45, 2.75) is 0 Å². The monoisotopic (exact) mass is 219 g/mol. The van der Waals surface area contributed by atoms with Crippen LogP contribution in [-0.4, -0.2) is 5.09 Å². The summed E-state index contributed by atoms with van der Waals surface area (Å²) in [4.78, 5) is 27.5. The van der Waals surface area contributed by atoms with E-state index >= 15 is 0 Å². The summed E-state index contributed by atoms with van der Waals surface area (Å²) in [6.45, 7) is 0. The molecule has 0 aromatic rings. The van der Waals surface area contributed by atoms with Crippen LogP contribution in [-0.2, 0) is 9.19 Å². The zero-order valence-electron chi connectivity index (χ0n) is 5.34. The fraction of sp³-hybridized carbons (Fsp3) is 0. The van der Waals surface area contributed by atoms with Crippen molar-refractivity contribution >= 4 is 7.82 Å². The molecule has 0 aromatic carbocycles. The van der Waals surface area contributed by atoms with Gasteiger partial charge in [-0.3, -0.25) is 4.62 Å². The van der Waals surface area contributed by atoms with Gasteiger partial charge in [0.15, 0.2) is 0 Å². The van der Waals surface area contributed by atoms with E-state index in [0.29, 0.717) is 0 Å². The summed E-state index contributed by atoms with van der Waals surface area (Å²) >= 11 is 0. The smallest absolute Gasteiger partial charge is 0.791 e. The van der Waals surface area contributed by atoms with Crippen molar-refractivity contribution in [2.75, 3.05) is 0 Å². The van der Waals surface area contributed by atoms with Crippen LogP contribution >= 0.6 is 7.82 Å². The maximum Gasteiger partial charge on any atom is 1.00 e. The van der Waals surface area contributed by atoms with Crippen molar-refractivity contribution in [1.82, 2.24) is 0 Å². The number of nitrogens with zero attached hydrogens (tertiary/aromatic N) is 1. The molecular weight excluding hydrogens is 219 g/mol. The summed E-state index contributed by atoms with van der Waals surface area (Å²) in [5, 5.41) is 7.35. The zero-order valence-corrected chi connectivity index (χ0v) is 12.5. The maximum absolute atomic E-state index is 9.25. The Bertz CT molecular complexity index is 139. The normalized spacial score (nSPS) is 8.60. The molecule has 10 heteroatoms. The Labute approximate surface area is 141 Å². The molecule has 0 amide bonds. The van der Waals surface area contributed by atoms with Crippen molar-refractivity contribution in [2.24, 2.45) is 0 Å². The van der Waals surface area contributed by atoms with Crippen LogP contribution in [0.5, 0.6) is 0 Å². The molecule has 0 saturated heterocycles. The van der Waals surface area contributed by atoms with Gasteiger partial charge in [0, 0.05) is 0 Å². The molecule has 0 bridgehead atoms. The van der Waals surface area contributed by atoms with Crippen molar-refractivity contribution in [3.8, 4) is 0 Å². The van der Waals surface area contributed by atoms with E-state index in [-0.39, 0.29) is 103 Å². The Kier molecular flexibility index (Phi) is 15.2. The van der Waals surface area contributed by atoms with E-state index < -0.39 is 12.9 Å². The minimum absolute atomic E-state index is 0. The first kappa shape index (κ1) is 18.4. The molecule has 0 aliphatic rings. The van der Waals surface area contributed by atoms with Gasteiger partial charge in [-0.2, -0.15) is 0 Å². The van der Waals surface area contributed by atoms with Gasteiger partial charge in [-0.05, 0) is 0 Å². The van der Waals surface area contributed by atoms with Crippen LogP contribution in [0, 0.1) is 10.1 Å². The molecule has 7 nitrogen and oxygen atoms in total. The predicted molar refractivity (Wildman–Crippen MR) is 15.7 cm³/mol. The zero-order chi connectivity index (χ0) is 6.78. The molecule has 0 fully saturated rings. The third-order valence-corrected chi connectivity index (χ3v) is 0.500. The Hall–Kier alpha value is 2.62. The molecule has 0 unspecified atom stereocenters. The Morgan fingerprint density at radius 1 is 1.30 bits per heavy atom. The Morgan fingerprint density at radius 3 is 1.60 bits per heavy atom. The standard InChI is InChI=1S/2K.H2NO6P/c;;2-1(3)7-8(4,5)6/h;;(H2,4,5,6)/q2*+1;/p-2. The fourth-order valence-corrected chi connectivity index (χ4v) is 0.245. The molecule has 0 spiro atoms. The van der Waals surface area contributed by atoms with Gasteiger partial charge in [0.1, 0.15) is 7.82 Å². The molecule has 0 aliphatic heterocycles. The van der Waals surface area contributed by atoms with Crippen LogP contribution in [0.1, 0.15) is 0 Å². The van der Waals surface area contributed by atoms with Gasteiger partial charge >= 0.3 is 103 Å². The van der Waals surface area contributed by atoms with Gasteiger partial charge < -0.3 is 14.4 Å². The minimum atomic E-state index is -5.42. The average Bonchev–Trinajstić information content (AvgIpc) is 1.21. The maximum atomic E-state index is 9.25. The van der Waals surface area contributed by atoms with E-state index in [2.05, 4.69) is 4.62 Å². The minimum Gasteiger partial charge on any atom is -0.791 e. The van der Waals surface area contributed by atoms with Gasteiger partial charge in [-0.25, -0.2) is 0 Å². The summed E-state index contributed by atoms with van der Waals surface area (Å²) in [6.07, 6.45) is 0. The molecule has 0 aromatic heterocycles. The van der Waals surface area contributed by atoms with Crippen LogP contribution in [0.4, 0.5) is 0 Å². The Balaban J connectivity index is -0.000000245. The number of phosphoric acid groups is 1. The topological polar surface area (TPSA) is 116 Å². The summed E-state index contributed by atoms with van der Waals surface area (Å²) in [5.74, 6) is 0. The van der Waals surface area contributed by atoms with Crippen LogP contribution < -0.4 is 113 Å². The average molecular weight is 219 g/mol. The van der Waals surface area contributed by atoms with Crippen molar-refractivity contribution in [1.29, 1.82) is 0 Å². The molecule has 0 rings (SSSR count). The van der Waals surface area contributed by atoms with Gasteiger partial charge in [-0.1, -0.05) is 0 Å². The van der Waals surface area contributed by atoms with E-state index in [1.807, 2.05) is 0 Å². The first-order valence-corrected chi connectivity index (χ1v) is 2.74. The van der Waals surface area contributed by atoms with Gasteiger partial charge in [0.05, 0.1) is 0 Å². The largest absolute Gasteiger partial charge is 1.00 e. The first-order valence-electron chi connectivity index (χ1n) is 1.28. The molecule has 0 aliphatic carbocycles. The fourth-order valence-electron chi connectivity index (χ4n) is 0.0816. The van der Waals surface area contributed by atoms with Crippen LogP contribution in [0.3, 0.4) is 0 Å². The van der Waals surface area contributed by atoms with Crippen molar-refractivity contribution < 1.29 is 127 Å². The summed E-state index contributed by atoms with van der Waals surface area (Å²) in [6, 6.07) is 0. The second-order valence-electron chi connectivity index (χ2n) is 0.752. The number of hydrogen-bond acceptors (Lipinski definition) is 6. The second kappa shape index (κ2) is 8.23. The van der Waals surface area contributed by atoms with Crippen LogP contribution in [0.25, 0.3) is 0 Å². The van der Waals surface area contributed by atoms with Crippen molar-refractivity contribution in [3.05, 3.63) is 10.1 Å². The summed E-state index contributed by atoms with van der Waals surface area (Å²) in [5.41, 5.74) is 0. The molecule has 0 saturated carbocycles. The van der Waals surface area contributed by atoms with Crippen LogP contribution in [0.15, 0.2) is 0 Å². The molecule has 0 atom stereocenters. The molecule has 10 heavy (non-hydrogen) atoms. The SMILES string of the molecule is O=[N+]([O-])OP(=O)([O-])[O-].[K+].[K+]. The van der Waals surface area contributed by atoms with E-state index in [4.69, 9.17) is 10.1 Å². The summed E-state index contributed by atoms with van der Waals surface area (Å²) in [7, 11) is -5.42. The molecule has 0 radical (unpaired) electrons. The molecule has 0 N–H and O–H groups in total. The number of rotatable bonds is 2. The first-order chi connectivity index (χ1) is 3.42. The molecule has 0 heterocycles. The molecule has 48 valence electrons. The second-order valence-corrected chi connectivity index (χ2v) is 1.81. The summed E-state index contributed by atoms with van der Waals surface area (Å²) < 4.78 is 11.9. The predicted octanol–water partition coefficient (Wildman–Crippen LogP) is -7.97. The molecular formula is K2NO6P.